The first kappa shape index (κ1) is 18.8. The van der Waals surface area contributed by atoms with Gasteiger partial charge in [0.25, 0.3) is 5.91 Å². The average Bonchev–Trinajstić information content (AvgIpc) is 2.67. The fourth-order valence-corrected chi connectivity index (χ4v) is 3.44. The molecule has 6 heteroatoms. The molecule has 0 saturated heterocycles. The Hall–Kier alpha value is -2.99. The molecule has 1 heterocycles. The highest BCUT2D eigenvalue weighted by Crippen LogP contribution is 2.14. The standard InChI is InChI=1S/C21H22N2O4/c1-14(24)15-7-9-18(10-8-15)22-20(25)13-23-12-17-6-4-3-5-16(17)11-19(23)21(26)27-2/h3-10,19H,11-13H2,1-2H3,(H,22,25)/p+1/t19-/m0/s1. The van der Waals surface area contributed by atoms with Crippen LogP contribution in [0.4, 0.5) is 5.69 Å². The summed E-state index contributed by atoms with van der Waals surface area (Å²) < 4.78 is 4.95. The molecule has 0 bridgehead atoms. The van der Waals surface area contributed by atoms with E-state index in [9.17, 15) is 14.4 Å². The second-order valence-electron chi connectivity index (χ2n) is 6.74. The molecule has 0 aliphatic carbocycles. The van der Waals surface area contributed by atoms with E-state index in [1.54, 1.807) is 24.3 Å². The summed E-state index contributed by atoms with van der Waals surface area (Å²) in [7, 11) is 1.37. The van der Waals surface area contributed by atoms with Crippen molar-refractivity contribution in [2.75, 3.05) is 19.0 Å². The fourth-order valence-electron chi connectivity index (χ4n) is 3.44. The van der Waals surface area contributed by atoms with Crippen molar-refractivity contribution >= 4 is 23.3 Å². The molecule has 2 aromatic rings. The van der Waals surface area contributed by atoms with Crippen LogP contribution >= 0.6 is 0 Å². The van der Waals surface area contributed by atoms with Crippen molar-refractivity contribution in [3.8, 4) is 0 Å². The average molecular weight is 367 g/mol. The second kappa shape index (κ2) is 8.14. The van der Waals surface area contributed by atoms with E-state index in [2.05, 4.69) is 5.32 Å². The lowest BCUT2D eigenvalue weighted by atomic mass is 9.94. The summed E-state index contributed by atoms with van der Waals surface area (Å²) in [4.78, 5) is 36.9. The third kappa shape index (κ3) is 4.41. The van der Waals surface area contributed by atoms with E-state index in [4.69, 9.17) is 4.74 Å². The van der Waals surface area contributed by atoms with Gasteiger partial charge in [0.1, 0.15) is 6.54 Å². The van der Waals surface area contributed by atoms with Crippen LogP contribution in [0.1, 0.15) is 28.4 Å². The summed E-state index contributed by atoms with van der Waals surface area (Å²) in [5, 5.41) is 2.83. The Kier molecular flexibility index (Phi) is 5.66. The summed E-state index contributed by atoms with van der Waals surface area (Å²) in [5.74, 6) is -0.516. The van der Waals surface area contributed by atoms with Crippen molar-refractivity contribution in [3.63, 3.8) is 0 Å². The Balaban J connectivity index is 1.71. The van der Waals surface area contributed by atoms with Gasteiger partial charge in [-0.15, -0.1) is 0 Å². The number of rotatable bonds is 5. The van der Waals surface area contributed by atoms with Gasteiger partial charge in [-0.1, -0.05) is 24.3 Å². The maximum absolute atomic E-state index is 12.5. The van der Waals surface area contributed by atoms with Gasteiger partial charge in [0.2, 0.25) is 0 Å². The number of esters is 1. The molecule has 0 spiro atoms. The van der Waals surface area contributed by atoms with E-state index in [-0.39, 0.29) is 24.2 Å². The number of benzene rings is 2. The smallest absolute Gasteiger partial charge is 0.365 e. The largest absolute Gasteiger partial charge is 0.465 e. The number of amides is 1. The van der Waals surface area contributed by atoms with Crippen molar-refractivity contribution in [3.05, 3.63) is 65.2 Å². The molecule has 1 aliphatic heterocycles. The summed E-state index contributed by atoms with van der Waals surface area (Å²) in [6.07, 6.45) is 0.554. The quantitative estimate of drug-likeness (QED) is 0.611. The Morgan fingerprint density at radius 1 is 1.07 bits per heavy atom. The van der Waals surface area contributed by atoms with Crippen LogP contribution in [-0.2, 0) is 27.3 Å². The van der Waals surface area contributed by atoms with Gasteiger partial charge >= 0.3 is 5.97 Å². The predicted molar refractivity (Wildman–Crippen MR) is 101 cm³/mol. The molecule has 1 amide bonds. The third-order valence-electron chi connectivity index (χ3n) is 4.90. The molecule has 2 atom stereocenters. The fraction of sp³-hybridized carbons (Fsp3) is 0.286. The number of quaternary nitrogens is 1. The molecule has 0 fully saturated rings. The van der Waals surface area contributed by atoms with Gasteiger partial charge in [-0.25, -0.2) is 4.79 Å². The van der Waals surface area contributed by atoms with Gasteiger partial charge in [-0.2, -0.15) is 0 Å². The number of ketones is 1. The highest BCUT2D eigenvalue weighted by atomic mass is 16.5. The number of hydrogen-bond acceptors (Lipinski definition) is 4. The van der Waals surface area contributed by atoms with Crippen molar-refractivity contribution in [2.45, 2.75) is 25.9 Å². The molecular formula is C21H23N2O4+. The van der Waals surface area contributed by atoms with Crippen LogP contribution in [-0.4, -0.2) is 37.4 Å². The van der Waals surface area contributed by atoms with E-state index >= 15 is 0 Å². The predicted octanol–water partition coefficient (Wildman–Crippen LogP) is 1.01. The summed E-state index contributed by atoms with van der Waals surface area (Å²) >= 11 is 0. The topological polar surface area (TPSA) is 76.9 Å². The zero-order valence-corrected chi connectivity index (χ0v) is 15.5. The van der Waals surface area contributed by atoms with Crippen molar-refractivity contribution in [2.24, 2.45) is 0 Å². The molecule has 0 saturated carbocycles. The minimum Gasteiger partial charge on any atom is -0.465 e. The van der Waals surface area contributed by atoms with Gasteiger partial charge in [0, 0.05) is 23.2 Å². The van der Waals surface area contributed by atoms with Crippen LogP contribution in [0.2, 0.25) is 0 Å². The molecule has 27 heavy (non-hydrogen) atoms. The van der Waals surface area contributed by atoms with E-state index < -0.39 is 6.04 Å². The molecule has 3 rings (SSSR count). The lowest BCUT2D eigenvalue weighted by Gasteiger charge is -2.31. The Bertz CT molecular complexity index is 861. The molecule has 1 unspecified atom stereocenters. The normalized spacial score (nSPS) is 18.3. The molecular weight excluding hydrogens is 344 g/mol. The number of carbonyl (C=O) groups excluding carboxylic acids is 3. The van der Waals surface area contributed by atoms with Crippen LogP contribution in [0, 0.1) is 0 Å². The molecule has 2 N–H and O–H groups in total. The summed E-state index contributed by atoms with van der Waals surface area (Å²) in [6.45, 7) is 2.24. The Labute approximate surface area is 158 Å². The zero-order chi connectivity index (χ0) is 19.4. The number of nitrogens with one attached hydrogen (secondary N) is 2. The van der Waals surface area contributed by atoms with Crippen molar-refractivity contribution < 1.29 is 24.0 Å². The van der Waals surface area contributed by atoms with E-state index in [0.29, 0.717) is 24.2 Å². The lowest BCUT2D eigenvalue weighted by molar-refractivity contribution is -0.924. The number of fused-ring (bicyclic) bond motifs is 1. The first-order valence-corrected chi connectivity index (χ1v) is 8.88. The van der Waals surface area contributed by atoms with Gasteiger partial charge in [-0.3, -0.25) is 9.59 Å². The lowest BCUT2D eigenvalue weighted by Crippen LogP contribution is -3.17. The Morgan fingerprint density at radius 2 is 1.74 bits per heavy atom. The van der Waals surface area contributed by atoms with Gasteiger partial charge in [0.05, 0.1) is 7.11 Å². The first-order valence-electron chi connectivity index (χ1n) is 8.88. The highest BCUT2D eigenvalue weighted by molar-refractivity contribution is 5.95. The van der Waals surface area contributed by atoms with Gasteiger partial charge in [0.15, 0.2) is 18.4 Å². The summed E-state index contributed by atoms with van der Waals surface area (Å²) in [6, 6.07) is 14.3. The maximum Gasteiger partial charge on any atom is 0.365 e. The van der Waals surface area contributed by atoms with E-state index in [0.717, 1.165) is 16.0 Å². The Morgan fingerprint density at radius 3 is 2.37 bits per heavy atom. The number of methoxy groups -OCH3 is 1. The zero-order valence-electron chi connectivity index (χ0n) is 15.5. The molecule has 0 aromatic heterocycles. The van der Waals surface area contributed by atoms with E-state index in [1.165, 1.54) is 14.0 Å². The van der Waals surface area contributed by atoms with Crippen LogP contribution in [0.25, 0.3) is 0 Å². The monoisotopic (exact) mass is 367 g/mol. The molecule has 2 aromatic carbocycles. The minimum absolute atomic E-state index is 0.0229. The molecule has 0 radical (unpaired) electrons. The van der Waals surface area contributed by atoms with Crippen LogP contribution in [0.15, 0.2) is 48.5 Å². The number of Topliss-reactive ketones (excluding diaryl/α,β-unsaturated/α-hetero) is 1. The molecule has 140 valence electrons. The highest BCUT2D eigenvalue weighted by Gasteiger charge is 2.37. The van der Waals surface area contributed by atoms with Crippen LogP contribution < -0.4 is 10.2 Å². The number of carbonyl (C=O) groups is 3. The molecule has 1 aliphatic rings. The first-order chi connectivity index (χ1) is 13.0. The van der Waals surface area contributed by atoms with Crippen LogP contribution in [0.3, 0.4) is 0 Å². The van der Waals surface area contributed by atoms with Crippen molar-refractivity contribution in [1.29, 1.82) is 0 Å². The third-order valence-corrected chi connectivity index (χ3v) is 4.90. The second-order valence-corrected chi connectivity index (χ2v) is 6.74. The number of anilines is 1. The number of ether oxygens (including phenoxy) is 1. The SMILES string of the molecule is COC(=O)[C@@H]1Cc2ccccc2C[NH+]1CC(=O)Nc1ccc(C(C)=O)cc1. The van der Waals surface area contributed by atoms with E-state index in [1.807, 2.05) is 24.3 Å². The van der Waals surface area contributed by atoms with Crippen molar-refractivity contribution in [1.82, 2.24) is 0 Å². The van der Waals surface area contributed by atoms with Gasteiger partial charge in [-0.05, 0) is 36.8 Å². The number of hydrogen-bond donors (Lipinski definition) is 2. The molecule has 6 nitrogen and oxygen atoms in total. The van der Waals surface area contributed by atoms with Gasteiger partial charge < -0.3 is 15.0 Å². The minimum atomic E-state index is -0.407. The van der Waals surface area contributed by atoms with Crippen LogP contribution in [0.5, 0.6) is 0 Å². The maximum atomic E-state index is 12.5. The summed E-state index contributed by atoms with van der Waals surface area (Å²) in [5.41, 5.74) is 3.48.